The molecule has 0 aliphatic heterocycles. The summed E-state index contributed by atoms with van der Waals surface area (Å²) in [6.45, 7) is 0. The Labute approximate surface area is 161 Å². The van der Waals surface area contributed by atoms with Crippen LogP contribution in [0.5, 0.6) is 0 Å². The fourth-order valence-corrected chi connectivity index (χ4v) is 3.31. The van der Waals surface area contributed by atoms with Crippen molar-refractivity contribution in [1.82, 2.24) is 15.0 Å². The highest BCUT2D eigenvalue weighted by atomic mass is 35.5. The molecule has 8 heteroatoms. The summed E-state index contributed by atoms with van der Waals surface area (Å²) in [5.41, 5.74) is 1.73. The molecule has 0 saturated heterocycles. The predicted molar refractivity (Wildman–Crippen MR) is 99.8 cm³/mol. The lowest BCUT2D eigenvalue weighted by Crippen LogP contribution is -2.04. The Hall–Kier alpha value is -2.57. The Morgan fingerprint density at radius 3 is 2.41 bits per heavy atom. The number of nitrogens with one attached hydrogen (secondary N) is 1. The normalized spacial score (nSPS) is 11.9. The van der Waals surface area contributed by atoms with Gasteiger partial charge in [-0.25, -0.2) is 4.98 Å². The smallest absolute Gasteiger partial charge is 0.338 e. The maximum Gasteiger partial charge on any atom is 0.416 e. The van der Waals surface area contributed by atoms with E-state index in [2.05, 4.69) is 15.0 Å². The third kappa shape index (κ3) is 3.38. The van der Waals surface area contributed by atoms with Gasteiger partial charge in [-0.3, -0.25) is 4.98 Å². The number of pyridine rings is 1. The van der Waals surface area contributed by atoms with Crippen molar-refractivity contribution in [2.75, 3.05) is 0 Å². The van der Waals surface area contributed by atoms with E-state index in [-0.39, 0.29) is 16.1 Å². The minimum absolute atomic E-state index is 0.0708. The number of aromatic amines is 1. The Bertz CT molecular complexity index is 1140. The van der Waals surface area contributed by atoms with Crippen LogP contribution in [0.25, 0.3) is 33.7 Å². The fourth-order valence-electron chi connectivity index (χ4n) is 2.77. The van der Waals surface area contributed by atoms with Crippen LogP contribution in [0.3, 0.4) is 0 Å². The van der Waals surface area contributed by atoms with Gasteiger partial charge < -0.3 is 4.98 Å². The number of hydrogen-bond acceptors (Lipinski definition) is 2. The zero-order valence-corrected chi connectivity index (χ0v) is 15.0. The van der Waals surface area contributed by atoms with Crippen LogP contribution >= 0.6 is 23.2 Å². The van der Waals surface area contributed by atoms with Crippen LogP contribution in [-0.4, -0.2) is 15.0 Å². The largest absolute Gasteiger partial charge is 0.416 e. The highest BCUT2D eigenvalue weighted by Gasteiger charge is 2.31. The van der Waals surface area contributed by atoms with Gasteiger partial charge in [-0.15, -0.1) is 0 Å². The van der Waals surface area contributed by atoms with Crippen molar-refractivity contribution in [3.63, 3.8) is 0 Å². The molecule has 0 amide bonds. The first kappa shape index (κ1) is 17.8. The van der Waals surface area contributed by atoms with Crippen LogP contribution in [-0.2, 0) is 6.18 Å². The highest BCUT2D eigenvalue weighted by Crippen LogP contribution is 2.36. The van der Waals surface area contributed by atoms with Crippen molar-refractivity contribution in [3.05, 3.63) is 70.3 Å². The van der Waals surface area contributed by atoms with Gasteiger partial charge in [0.25, 0.3) is 0 Å². The number of hydrogen-bond donors (Lipinski definition) is 1. The topological polar surface area (TPSA) is 41.6 Å². The molecule has 1 N–H and O–H groups in total. The number of imidazole rings is 1. The molecule has 0 spiro atoms. The molecular formula is C19H10Cl2F3N3. The monoisotopic (exact) mass is 407 g/mol. The average Bonchev–Trinajstić information content (AvgIpc) is 3.06. The van der Waals surface area contributed by atoms with Gasteiger partial charge in [0.1, 0.15) is 11.3 Å². The van der Waals surface area contributed by atoms with Crippen LogP contribution in [0.1, 0.15) is 5.56 Å². The number of rotatable bonds is 2. The van der Waals surface area contributed by atoms with E-state index in [4.69, 9.17) is 23.2 Å². The first-order chi connectivity index (χ1) is 12.8. The van der Waals surface area contributed by atoms with Crippen LogP contribution in [0, 0.1) is 0 Å². The van der Waals surface area contributed by atoms with Crippen molar-refractivity contribution in [2.24, 2.45) is 0 Å². The summed E-state index contributed by atoms with van der Waals surface area (Å²) in [6, 6.07) is 12.6. The number of halogens is 5. The second-order valence-corrected chi connectivity index (χ2v) is 6.66. The van der Waals surface area contributed by atoms with E-state index in [1.807, 2.05) is 12.1 Å². The molecule has 2 aromatic carbocycles. The molecule has 0 atom stereocenters. The Morgan fingerprint density at radius 2 is 1.74 bits per heavy atom. The minimum atomic E-state index is -4.49. The summed E-state index contributed by atoms with van der Waals surface area (Å²) in [7, 11) is 0. The predicted octanol–water partition coefficient (Wildman–Crippen LogP) is 6.62. The van der Waals surface area contributed by atoms with Crippen molar-refractivity contribution < 1.29 is 13.2 Å². The van der Waals surface area contributed by atoms with E-state index in [0.717, 1.165) is 23.4 Å². The van der Waals surface area contributed by atoms with Gasteiger partial charge in [0, 0.05) is 17.3 Å². The van der Waals surface area contributed by atoms with Crippen molar-refractivity contribution in [3.8, 4) is 22.6 Å². The molecule has 0 aliphatic carbocycles. The number of fused-ring (bicyclic) bond motifs is 1. The van der Waals surface area contributed by atoms with E-state index in [1.54, 1.807) is 30.5 Å². The summed E-state index contributed by atoms with van der Waals surface area (Å²) in [5, 5.41) is 0.382. The first-order valence-electron chi connectivity index (χ1n) is 7.81. The maximum atomic E-state index is 13.0. The number of benzene rings is 2. The molecular weight excluding hydrogens is 398 g/mol. The van der Waals surface area contributed by atoms with E-state index in [9.17, 15) is 13.2 Å². The SMILES string of the molecule is FC(F)(F)c1cc(Cl)c2nc(-c3ccc(-c4ccccn4)c(Cl)c3)[nH]c2c1. The first-order valence-corrected chi connectivity index (χ1v) is 8.56. The molecule has 4 rings (SSSR count). The molecule has 2 aromatic heterocycles. The summed E-state index contributed by atoms with van der Waals surface area (Å²) in [5.74, 6) is 0.376. The molecule has 4 aromatic rings. The lowest BCUT2D eigenvalue weighted by molar-refractivity contribution is -0.137. The summed E-state index contributed by atoms with van der Waals surface area (Å²) < 4.78 is 38.9. The number of nitrogens with zero attached hydrogens (tertiary/aromatic N) is 2. The Morgan fingerprint density at radius 1 is 0.926 bits per heavy atom. The third-order valence-electron chi connectivity index (χ3n) is 4.05. The lowest BCUT2D eigenvalue weighted by Gasteiger charge is -2.06. The summed E-state index contributed by atoms with van der Waals surface area (Å²) >= 11 is 12.4. The zero-order valence-electron chi connectivity index (χ0n) is 13.5. The fraction of sp³-hybridized carbons (Fsp3) is 0.0526. The molecule has 0 unspecified atom stereocenters. The number of alkyl halides is 3. The second-order valence-electron chi connectivity index (χ2n) is 5.85. The number of H-pyrrole nitrogens is 1. The average molecular weight is 408 g/mol. The summed E-state index contributed by atoms with van der Waals surface area (Å²) in [4.78, 5) is 11.5. The van der Waals surface area contributed by atoms with Crippen molar-refractivity contribution in [1.29, 1.82) is 0 Å². The minimum Gasteiger partial charge on any atom is -0.338 e. The van der Waals surface area contributed by atoms with Gasteiger partial charge >= 0.3 is 6.18 Å². The molecule has 0 aliphatic rings. The molecule has 0 radical (unpaired) electrons. The van der Waals surface area contributed by atoms with Gasteiger partial charge in [-0.1, -0.05) is 41.4 Å². The molecule has 27 heavy (non-hydrogen) atoms. The van der Waals surface area contributed by atoms with E-state index >= 15 is 0 Å². The van der Waals surface area contributed by atoms with Crippen LogP contribution < -0.4 is 0 Å². The molecule has 0 fully saturated rings. The van der Waals surface area contributed by atoms with E-state index in [1.165, 1.54) is 0 Å². The van der Waals surface area contributed by atoms with Gasteiger partial charge in [0.2, 0.25) is 0 Å². The summed E-state index contributed by atoms with van der Waals surface area (Å²) in [6.07, 6.45) is -2.82. The standard InChI is InChI=1S/C19H10Cl2F3N3/c20-13-7-10(4-5-12(13)15-3-1-2-6-25-15)18-26-16-9-11(19(22,23)24)8-14(21)17(16)27-18/h1-9H,(H,26,27). The second kappa shape index (κ2) is 6.55. The Balaban J connectivity index is 1.79. The highest BCUT2D eigenvalue weighted by molar-refractivity contribution is 6.35. The quantitative estimate of drug-likeness (QED) is 0.405. The van der Waals surface area contributed by atoms with Gasteiger partial charge in [-0.2, -0.15) is 13.2 Å². The van der Waals surface area contributed by atoms with E-state index in [0.29, 0.717) is 16.4 Å². The lowest BCUT2D eigenvalue weighted by atomic mass is 10.1. The van der Waals surface area contributed by atoms with E-state index < -0.39 is 11.7 Å². The molecule has 3 nitrogen and oxygen atoms in total. The zero-order chi connectivity index (χ0) is 19.2. The van der Waals surface area contributed by atoms with Gasteiger partial charge in [0.15, 0.2) is 0 Å². The third-order valence-corrected chi connectivity index (χ3v) is 4.65. The molecule has 0 bridgehead atoms. The van der Waals surface area contributed by atoms with Crippen molar-refractivity contribution >= 4 is 34.2 Å². The molecule has 136 valence electrons. The van der Waals surface area contributed by atoms with Crippen LogP contribution in [0.15, 0.2) is 54.7 Å². The van der Waals surface area contributed by atoms with Gasteiger partial charge in [0.05, 0.1) is 26.8 Å². The van der Waals surface area contributed by atoms with Crippen LogP contribution in [0.4, 0.5) is 13.2 Å². The molecule has 0 saturated carbocycles. The van der Waals surface area contributed by atoms with Crippen LogP contribution in [0.2, 0.25) is 10.0 Å². The molecule has 2 heterocycles. The van der Waals surface area contributed by atoms with Gasteiger partial charge in [-0.05, 0) is 30.3 Å². The number of aromatic nitrogens is 3. The van der Waals surface area contributed by atoms with Crippen molar-refractivity contribution in [2.45, 2.75) is 6.18 Å². The Kier molecular flexibility index (Phi) is 4.32. The maximum absolute atomic E-state index is 13.0.